The van der Waals surface area contributed by atoms with Crippen molar-refractivity contribution in [2.24, 2.45) is 11.8 Å². The summed E-state index contributed by atoms with van der Waals surface area (Å²) in [6, 6.07) is 0. The van der Waals surface area contributed by atoms with Gasteiger partial charge in [0.1, 0.15) is 0 Å². The van der Waals surface area contributed by atoms with Crippen LogP contribution in [0.2, 0.25) is 5.02 Å². The van der Waals surface area contributed by atoms with Crippen LogP contribution in [-0.2, 0) is 6.54 Å². The molecule has 4 heteroatoms. The van der Waals surface area contributed by atoms with Crippen molar-refractivity contribution in [2.45, 2.75) is 41.2 Å². The fourth-order valence-electron chi connectivity index (χ4n) is 1.83. The highest BCUT2D eigenvalue weighted by Crippen LogP contribution is 2.19. The summed E-state index contributed by atoms with van der Waals surface area (Å²) in [5.74, 6) is 1.26. The molecule has 1 aromatic heterocycles. The molecule has 1 heterocycles. The maximum absolute atomic E-state index is 6.13. The Balaban J connectivity index is 2.45. The minimum Gasteiger partial charge on any atom is -0.316 e. The molecule has 1 N–H and O–H groups in total. The molecule has 98 valence electrons. The van der Waals surface area contributed by atoms with Crippen molar-refractivity contribution in [1.29, 1.82) is 0 Å². The number of halogens is 1. The van der Waals surface area contributed by atoms with Crippen LogP contribution in [0.5, 0.6) is 0 Å². The third-order valence-electron chi connectivity index (χ3n) is 2.82. The molecule has 0 bridgehead atoms. The van der Waals surface area contributed by atoms with Gasteiger partial charge in [0.2, 0.25) is 0 Å². The van der Waals surface area contributed by atoms with Gasteiger partial charge in [0.15, 0.2) is 0 Å². The average Bonchev–Trinajstić information content (AvgIpc) is 2.46. The van der Waals surface area contributed by atoms with E-state index in [4.69, 9.17) is 11.6 Å². The number of aryl methyl sites for hydroxylation is 1. The first-order chi connectivity index (χ1) is 7.91. The van der Waals surface area contributed by atoms with Crippen molar-refractivity contribution in [1.82, 2.24) is 15.1 Å². The number of hydrogen-bond acceptors (Lipinski definition) is 2. The summed E-state index contributed by atoms with van der Waals surface area (Å²) >= 11 is 6.13. The van der Waals surface area contributed by atoms with Crippen molar-refractivity contribution in [3.8, 4) is 0 Å². The molecule has 0 aliphatic heterocycles. The van der Waals surface area contributed by atoms with E-state index in [0.717, 1.165) is 36.0 Å². The summed E-state index contributed by atoms with van der Waals surface area (Å²) < 4.78 is 2.01. The van der Waals surface area contributed by atoms with Crippen LogP contribution in [0.25, 0.3) is 0 Å². The molecule has 17 heavy (non-hydrogen) atoms. The Kier molecular flexibility index (Phi) is 5.47. The molecule has 0 aliphatic carbocycles. The fourth-order valence-corrected chi connectivity index (χ4v) is 1.97. The summed E-state index contributed by atoms with van der Waals surface area (Å²) in [5, 5.41) is 8.72. The van der Waals surface area contributed by atoms with Crippen LogP contribution in [-0.4, -0.2) is 22.9 Å². The highest BCUT2D eigenvalue weighted by molar-refractivity contribution is 6.31. The van der Waals surface area contributed by atoms with Crippen molar-refractivity contribution >= 4 is 11.6 Å². The van der Waals surface area contributed by atoms with Crippen LogP contribution in [0.15, 0.2) is 0 Å². The molecule has 0 radical (unpaired) electrons. The van der Waals surface area contributed by atoms with Gasteiger partial charge < -0.3 is 5.32 Å². The Bertz CT molecular complexity index is 358. The van der Waals surface area contributed by atoms with Gasteiger partial charge in [0.05, 0.1) is 16.4 Å². The van der Waals surface area contributed by atoms with Crippen LogP contribution < -0.4 is 5.32 Å². The second kappa shape index (κ2) is 6.41. The van der Waals surface area contributed by atoms with E-state index in [2.05, 4.69) is 31.2 Å². The number of nitrogens with one attached hydrogen (secondary N) is 1. The van der Waals surface area contributed by atoms with E-state index < -0.39 is 0 Å². The first-order valence-electron chi connectivity index (χ1n) is 6.32. The van der Waals surface area contributed by atoms with Gasteiger partial charge in [-0.1, -0.05) is 32.4 Å². The SMILES string of the molecule is Cc1nn(CC(C)CNCC(C)C)c(C)c1Cl. The second-order valence-corrected chi connectivity index (χ2v) is 5.70. The minimum atomic E-state index is 0.558. The summed E-state index contributed by atoms with van der Waals surface area (Å²) in [7, 11) is 0. The zero-order valence-electron chi connectivity index (χ0n) is 11.5. The molecular weight excluding hydrogens is 234 g/mol. The van der Waals surface area contributed by atoms with Crippen LogP contribution in [0.4, 0.5) is 0 Å². The predicted octanol–water partition coefficient (Wildman–Crippen LogP) is 3.04. The zero-order valence-corrected chi connectivity index (χ0v) is 12.3. The fraction of sp³-hybridized carbons (Fsp3) is 0.769. The molecule has 0 saturated carbocycles. The van der Waals surface area contributed by atoms with E-state index >= 15 is 0 Å². The monoisotopic (exact) mass is 257 g/mol. The number of hydrogen-bond donors (Lipinski definition) is 1. The normalized spacial score (nSPS) is 13.4. The van der Waals surface area contributed by atoms with E-state index in [0.29, 0.717) is 11.8 Å². The van der Waals surface area contributed by atoms with Gasteiger partial charge in [0.25, 0.3) is 0 Å². The van der Waals surface area contributed by atoms with E-state index in [-0.39, 0.29) is 0 Å². The standard InChI is InChI=1S/C13H24ClN3/c1-9(2)6-15-7-10(3)8-17-12(5)13(14)11(4)16-17/h9-10,15H,6-8H2,1-5H3. The quantitative estimate of drug-likeness (QED) is 0.849. The maximum atomic E-state index is 6.13. The average molecular weight is 258 g/mol. The van der Waals surface area contributed by atoms with Gasteiger partial charge in [-0.25, -0.2) is 0 Å². The van der Waals surface area contributed by atoms with E-state index in [1.807, 2.05) is 18.5 Å². The predicted molar refractivity (Wildman–Crippen MR) is 73.6 cm³/mol. The van der Waals surface area contributed by atoms with Crippen LogP contribution in [0.1, 0.15) is 32.2 Å². The third kappa shape index (κ3) is 4.32. The lowest BCUT2D eigenvalue weighted by atomic mass is 10.1. The summed E-state index contributed by atoms with van der Waals surface area (Å²) in [5.41, 5.74) is 1.99. The van der Waals surface area contributed by atoms with Gasteiger partial charge in [-0.3, -0.25) is 4.68 Å². The smallest absolute Gasteiger partial charge is 0.0844 e. The molecule has 1 unspecified atom stereocenters. The Morgan fingerprint density at radius 3 is 2.35 bits per heavy atom. The highest BCUT2D eigenvalue weighted by Gasteiger charge is 2.11. The number of aromatic nitrogens is 2. The van der Waals surface area contributed by atoms with Crippen molar-refractivity contribution in [3.63, 3.8) is 0 Å². The molecule has 1 rings (SSSR count). The molecule has 1 atom stereocenters. The molecule has 0 fully saturated rings. The molecule has 0 aromatic carbocycles. The topological polar surface area (TPSA) is 29.9 Å². The summed E-state index contributed by atoms with van der Waals surface area (Å²) in [6.45, 7) is 13.7. The maximum Gasteiger partial charge on any atom is 0.0844 e. The minimum absolute atomic E-state index is 0.558. The first-order valence-corrected chi connectivity index (χ1v) is 6.69. The van der Waals surface area contributed by atoms with Crippen molar-refractivity contribution < 1.29 is 0 Å². The van der Waals surface area contributed by atoms with Crippen LogP contribution >= 0.6 is 11.6 Å². The lowest BCUT2D eigenvalue weighted by Gasteiger charge is -2.15. The van der Waals surface area contributed by atoms with Gasteiger partial charge >= 0.3 is 0 Å². The lowest BCUT2D eigenvalue weighted by molar-refractivity contribution is 0.404. The molecule has 0 aliphatic rings. The Morgan fingerprint density at radius 1 is 1.24 bits per heavy atom. The third-order valence-corrected chi connectivity index (χ3v) is 3.37. The molecular formula is C13H24ClN3. The largest absolute Gasteiger partial charge is 0.316 e. The molecule has 3 nitrogen and oxygen atoms in total. The molecule has 1 aromatic rings. The zero-order chi connectivity index (χ0) is 13.0. The van der Waals surface area contributed by atoms with Gasteiger partial charge in [-0.15, -0.1) is 0 Å². The van der Waals surface area contributed by atoms with Crippen molar-refractivity contribution in [2.75, 3.05) is 13.1 Å². The molecule has 0 amide bonds. The van der Waals surface area contributed by atoms with E-state index in [9.17, 15) is 0 Å². The van der Waals surface area contributed by atoms with Crippen LogP contribution in [0, 0.1) is 25.7 Å². The summed E-state index contributed by atoms with van der Waals surface area (Å²) in [6.07, 6.45) is 0. The van der Waals surface area contributed by atoms with Crippen LogP contribution in [0.3, 0.4) is 0 Å². The second-order valence-electron chi connectivity index (χ2n) is 5.32. The van der Waals surface area contributed by atoms with Gasteiger partial charge in [-0.2, -0.15) is 5.10 Å². The molecule has 0 spiro atoms. The van der Waals surface area contributed by atoms with Crippen molar-refractivity contribution in [3.05, 3.63) is 16.4 Å². The van der Waals surface area contributed by atoms with Gasteiger partial charge in [0, 0.05) is 6.54 Å². The Labute approximate surface area is 110 Å². The number of nitrogens with zero attached hydrogens (tertiary/aromatic N) is 2. The Morgan fingerprint density at radius 2 is 1.88 bits per heavy atom. The van der Waals surface area contributed by atoms with E-state index in [1.165, 1.54) is 0 Å². The van der Waals surface area contributed by atoms with E-state index in [1.54, 1.807) is 0 Å². The molecule has 0 saturated heterocycles. The number of rotatable bonds is 6. The first kappa shape index (κ1) is 14.5. The highest BCUT2D eigenvalue weighted by atomic mass is 35.5. The summed E-state index contributed by atoms with van der Waals surface area (Å²) in [4.78, 5) is 0. The van der Waals surface area contributed by atoms with Gasteiger partial charge in [-0.05, 0) is 38.8 Å². The Hall–Kier alpha value is -0.540. The lowest BCUT2D eigenvalue weighted by Crippen LogP contribution is -2.27.